The molecule has 1 aliphatic rings. The number of aromatic nitrogens is 2. The Bertz CT molecular complexity index is 1020. The summed E-state index contributed by atoms with van der Waals surface area (Å²) in [7, 11) is 0. The Labute approximate surface area is 168 Å². The molecule has 0 saturated carbocycles. The molecule has 6 nitrogen and oxygen atoms in total. The van der Waals surface area contributed by atoms with Crippen LogP contribution in [0.2, 0.25) is 0 Å². The van der Waals surface area contributed by atoms with Crippen LogP contribution in [-0.2, 0) is 11.2 Å². The van der Waals surface area contributed by atoms with Crippen molar-refractivity contribution < 1.29 is 14.0 Å². The van der Waals surface area contributed by atoms with Gasteiger partial charge in [0.15, 0.2) is 4.34 Å². The van der Waals surface area contributed by atoms with Crippen LogP contribution < -0.4 is 10.2 Å². The molecular weight excluding hydrogens is 399 g/mol. The standard InChI is InChI=1S/C19H15FN4O2S2/c20-14-7-5-13(6-8-14)17(26)21-18-22-23-19(28-18)27-11-16(25)24-10-9-12-3-1-2-4-15(12)24/h1-8H,9-11H2,(H,21,22,26). The minimum absolute atomic E-state index is 0.0158. The number of thioether (sulfide) groups is 1. The van der Waals surface area contributed by atoms with E-state index in [0.29, 0.717) is 21.6 Å². The number of para-hydroxylation sites is 1. The Morgan fingerprint density at radius 2 is 1.93 bits per heavy atom. The summed E-state index contributed by atoms with van der Waals surface area (Å²) in [6, 6.07) is 13.1. The molecule has 3 aromatic rings. The lowest BCUT2D eigenvalue weighted by atomic mass is 10.2. The number of carbonyl (C=O) groups excluding carboxylic acids is 2. The zero-order valence-electron chi connectivity index (χ0n) is 14.6. The molecule has 1 aliphatic heterocycles. The predicted molar refractivity (Wildman–Crippen MR) is 107 cm³/mol. The molecule has 0 fully saturated rings. The molecule has 2 aromatic carbocycles. The summed E-state index contributed by atoms with van der Waals surface area (Å²) in [5, 5.41) is 10.9. The van der Waals surface area contributed by atoms with E-state index < -0.39 is 11.7 Å². The normalized spacial score (nSPS) is 12.7. The lowest BCUT2D eigenvalue weighted by Crippen LogP contribution is -2.30. The average Bonchev–Trinajstić information content (AvgIpc) is 3.33. The van der Waals surface area contributed by atoms with E-state index in [-0.39, 0.29) is 11.7 Å². The summed E-state index contributed by atoms with van der Waals surface area (Å²) in [4.78, 5) is 26.5. The van der Waals surface area contributed by atoms with E-state index in [4.69, 9.17) is 0 Å². The van der Waals surface area contributed by atoms with Gasteiger partial charge in [0.25, 0.3) is 5.91 Å². The molecule has 2 heterocycles. The molecule has 1 aromatic heterocycles. The molecule has 0 unspecified atom stereocenters. The first-order valence-electron chi connectivity index (χ1n) is 8.51. The molecule has 4 rings (SSSR count). The van der Waals surface area contributed by atoms with Gasteiger partial charge in [-0.1, -0.05) is 41.3 Å². The maximum atomic E-state index is 12.9. The van der Waals surface area contributed by atoms with Gasteiger partial charge < -0.3 is 4.90 Å². The molecule has 0 atom stereocenters. The summed E-state index contributed by atoms with van der Waals surface area (Å²) in [6.45, 7) is 0.688. The highest BCUT2D eigenvalue weighted by Gasteiger charge is 2.24. The molecule has 0 aliphatic carbocycles. The van der Waals surface area contributed by atoms with Gasteiger partial charge in [0.2, 0.25) is 11.0 Å². The first-order valence-corrected chi connectivity index (χ1v) is 10.3. The quantitative estimate of drug-likeness (QED) is 0.510. The van der Waals surface area contributed by atoms with Gasteiger partial charge in [0.05, 0.1) is 5.75 Å². The fourth-order valence-electron chi connectivity index (χ4n) is 2.89. The Hall–Kier alpha value is -2.78. The molecule has 0 radical (unpaired) electrons. The van der Waals surface area contributed by atoms with Gasteiger partial charge in [-0.2, -0.15) is 0 Å². The summed E-state index contributed by atoms with van der Waals surface area (Å²) in [5.74, 6) is -0.537. The monoisotopic (exact) mass is 414 g/mol. The number of hydrogen-bond acceptors (Lipinski definition) is 6. The smallest absolute Gasteiger partial charge is 0.257 e. The SMILES string of the molecule is O=C(Nc1nnc(SCC(=O)N2CCc3ccccc32)s1)c1ccc(F)cc1. The number of amides is 2. The van der Waals surface area contributed by atoms with Crippen molar-refractivity contribution in [2.24, 2.45) is 0 Å². The van der Waals surface area contributed by atoms with E-state index in [1.165, 1.54) is 52.9 Å². The highest BCUT2D eigenvalue weighted by atomic mass is 32.2. The molecule has 9 heteroatoms. The first-order chi connectivity index (χ1) is 13.6. The number of nitrogens with zero attached hydrogens (tertiary/aromatic N) is 3. The van der Waals surface area contributed by atoms with Crippen LogP contribution in [0.5, 0.6) is 0 Å². The molecule has 1 N–H and O–H groups in total. The number of benzene rings is 2. The van der Waals surface area contributed by atoms with Gasteiger partial charge in [-0.15, -0.1) is 10.2 Å². The van der Waals surface area contributed by atoms with E-state index in [1.54, 1.807) is 4.90 Å². The van der Waals surface area contributed by atoms with Gasteiger partial charge in [-0.3, -0.25) is 14.9 Å². The molecule has 0 saturated heterocycles. The third-order valence-corrected chi connectivity index (χ3v) is 6.20. The van der Waals surface area contributed by atoms with Crippen molar-refractivity contribution in [1.29, 1.82) is 0 Å². The zero-order chi connectivity index (χ0) is 19.5. The summed E-state index contributed by atoms with van der Waals surface area (Å²) in [6.07, 6.45) is 0.866. The lowest BCUT2D eigenvalue weighted by molar-refractivity contribution is -0.116. The number of carbonyl (C=O) groups is 2. The Morgan fingerprint density at radius 1 is 1.14 bits per heavy atom. The molecular formula is C19H15FN4O2S2. The van der Waals surface area contributed by atoms with Crippen molar-refractivity contribution in [2.75, 3.05) is 22.5 Å². The minimum atomic E-state index is -0.406. The highest BCUT2D eigenvalue weighted by Crippen LogP contribution is 2.30. The molecule has 142 valence electrons. The predicted octanol–water partition coefficient (Wildman–Crippen LogP) is 3.61. The third kappa shape index (κ3) is 4.05. The third-order valence-electron chi connectivity index (χ3n) is 4.24. The molecule has 0 bridgehead atoms. The number of hydrogen-bond donors (Lipinski definition) is 1. The Balaban J connectivity index is 1.33. The van der Waals surface area contributed by atoms with Gasteiger partial charge in [-0.25, -0.2) is 4.39 Å². The van der Waals surface area contributed by atoms with Crippen LogP contribution in [-0.4, -0.2) is 34.3 Å². The van der Waals surface area contributed by atoms with Crippen molar-refractivity contribution >= 4 is 45.7 Å². The van der Waals surface area contributed by atoms with Crippen LogP contribution in [0.3, 0.4) is 0 Å². The van der Waals surface area contributed by atoms with Crippen LogP contribution in [0, 0.1) is 5.82 Å². The van der Waals surface area contributed by atoms with Gasteiger partial charge in [0, 0.05) is 17.8 Å². The fraction of sp³-hybridized carbons (Fsp3) is 0.158. The molecule has 2 amide bonds. The van der Waals surface area contributed by atoms with Crippen LogP contribution in [0.4, 0.5) is 15.2 Å². The van der Waals surface area contributed by atoms with Crippen molar-refractivity contribution in [3.8, 4) is 0 Å². The number of fused-ring (bicyclic) bond motifs is 1. The number of anilines is 2. The van der Waals surface area contributed by atoms with Gasteiger partial charge in [0.1, 0.15) is 5.82 Å². The number of rotatable bonds is 5. The number of nitrogens with one attached hydrogen (secondary N) is 1. The summed E-state index contributed by atoms with van der Waals surface area (Å²) >= 11 is 2.48. The van der Waals surface area contributed by atoms with Crippen LogP contribution in [0.15, 0.2) is 52.9 Å². The van der Waals surface area contributed by atoms with E-state index in [1.807, 2.05) is 24.3 Å². The van der Waals surface area contributed by atoms with Crippen LogP contribution in [0.1, 0.15) is 15.9 Å². The van der Waals surface area contributed by atoms with Crippen molar-refractivity contribution in [3.05, 3.63) is 65.5 Å². The van der Waals surface area contributed by atoms with Gasteiger partial charge in [-0.05, 0) is 42.3 Å². The Morgan fingerprint density at radius 3 is 2.75 bits per heavy atom. The number of halogens is 1. The second kappa shape index (κ2) is 8.07. The largest absolute Gasteiger partial charge is 0.311 e. The van der Waals surface area contributed by atoms with Crippen molar-refractivity contribution in [1.82, 2.24) is 10.2 Å². The fourth-order valence-corrected chi connectivity index (χ4v) is 4.51. The maximum Gasteiger partial charge on any atom is 0.257 e. The zero-order valence-corrected chi connectivity index (χ0v) is 16.2. The summed E-state index contributed by atoms with van der Waals surface area (Å²) < 4.78 is 13.5. The average molecular weight is 414 g/mol. The topological polar surface area (TPSA) is 75.2 Å². The second-order valence-electron chi connectivity index (χ2n) is 6.05. The molecule has 0 spiro atoms. The van der Waals surface area contributed by atoms with Crippen LogP contribution in [0.25, 0.3) is 0 Å². The van der Waals surface area contributed by atoms with Crippen LogP contribution >= 0.6 is 23.1 Å². The van der Waals surface area contributed by atoms with E-state index in [9.17, 15) is 14.0 Å². The lowest BCUT2D eigenvalue weighted by Gasteiger charge is -2.16. The molecule has 28 heavy (non-hydrogen) atoms. The van der Waals surface area contributed by atoms with E-state index in [0.717, 1.165) is 12.1 Å². The Kier molecular flexibility index (Phi) is 5.36. The maximum absolute atomic E-state index is 12.9. The van der Waals surface area contributed by atoms with E-state index >= 15 is 0 Å². The highest BCUT2D eigenvalue weighted by molar-refractivity contribution is 8.01. The first kappa shape index (κ1) is 18.6. The van der Waals surface area contributed by atoms with Gasteiger partial charge >= 0.3 is 0 Å². The van der Waals surface area contributed by atoms with Crippen molar-refractivity contribution in [3.63, 3.8) is 0 Å². The minimum Gasteiger partial charge on any atom is -0.311 e. The summed E-state index contributed by atoms with van der Waals surface area (Å²) in [5.41, 5.74) is 2.48. The van der Waals surface area contributed by atoms with E-state index in [2.05, 4.69) is 15.5 Å². The second-order valence-corrected chi connectivity index (χ2v) is 8.25. The van der Waals surface area contributed by atoms with Crippen molar-refractivity contribution in [2.45, 2.75) is 10.8 Å².